The molecule has 1 heterocycles. The van der Waals surface area contributed by atoms with Crippen LogP contribution in [-0.4, -0.2) is 15.8 Å². The molecule has 0 fully saturated rings. The standard InChI is InChI=1S/C11H11ClN2O2/c1-2-3-10(15)6-4-8-9(5-7(6)12)14-11(16)13-8/h4-5H,2-3H2,1H3,(H2,13,14,16). The van der Waals surface area contributed by atoms with Gasteiger partial charge in [0, 0.05) is 12.0 Å². The highest BCUT2D eigenvalue weighted by molar-refractivity contribution is 6.34. The highest BCUT2D eigenvalue weighted by Crippen LogP contribution is 2.22. The lowest BCUT2D eigenvalue weighted by Gasteiger charge is -2.02. The van der Waals surface area contributed by atoms with E-state index >= 15 is 0 Å². The number of rotatable bonds is 3. The first-order valence-corrected chi connectivity index (χ1v) is 5.44. The summed E-state index contributed by atoms with van der Waals surface area (Å²) in [6.45, 7) is 1.93. The highest BCUT2D eigenvalue weighted by Gasteiger charge is 2.11. The summed E-state index contributed by atoms with van der Waals surface area (Å²) in [6, 6.07) is 3.21. The molecule has 2 rings (SSSR count). The average Bonchev–Trinajstić information content (AvgIpc) is 2.56. The number of nitrogens with one attached hydrogen (secondary N) is 2. The number of imidazole rings is 1. The summed E-state index contributed by atoms with van der Waals surface area (Å²) in [4.78, 5) is 28.0. The Morgan fingerprint density at radius 1 is 1.31 bits per heavy atom. The number of ketones is 1. The van der Waals surface area contributed by atoms with Gasteiger partial charge in [0.25, 0.3) is 0 Å². The van der Waals surface area contributed by atoms with Crippen LogP contribution in [0.4, 0.5) is 0 Å². The SMILES string of the molecule is CCCC(=O)c1cc2[nH]c(=O)[nH]c2cc1Cl. The number of halogens is 1. The first-order valence-electron chi connectivity index (χ1n) is 5.06. The maximum absolute atomic E-state index is 11.7. The van der Waals surface area contributed by atoms with E-state index in [0.717, 1.165) is 6.42 Å². The second-order valence-electron chi connectivity index (χ2n) is 3.63. The molecule has 84 valence electrons. The van der Waals surface area contributed by atoms with Crippen molar-refractivity contribution in [2.75, 3.05) is 0 Å². The number of hydrogen-bond acceptors (Lipinski definition) is 2. The molecular weight excluding hydrogens is 228 g/mol. The molecule has 1 aromatic carbocycles. The second kappa shape index (κ2) is 4.14. The average molecular weight is 239 g/mol. The predicted octanol–water partition coefficient (Wildman–Crippen LogP) is 2.49. The van der Waals surface area contributed by atoms with Crippen LogP contribution in [0.25, 0.3) is 11.0 Å². The van der Waals surface area contributed by atoms with Crippen LogP contribution in [0, 0.1) is 0 Å². The lowest BCUT2D eigenvalue weighted by atomic mass is 10.1. The summed E-state index contributed by atoms with van der Waals surface area (Å²) in [6.07, 6.45) is 1.23. The first-order chi connectivity index (χ1) is 7.61. The van der Waals surface area contributed by atoms with Crippen molar-refractivity contribution in [3.63, 3.8) is 0 Å². The quantitative estimate of drug-likeness (QED) is 0.807. The zero-order chi connectivity index (χ0) is 11.7. The molecule has 0 aliphatic carbocycles. The van der Waals surface area contributed by atoms with Crippen LogP contribution in [0.15, 0.2) is 16.9 Å². The van der Waals surface area contributed by atoms with Crippen molar-refractivity contribution < 1.29 is 4.79 Å². The molecule has 2 N–H and O–H groups in total. The second-order valence-corrected chi connectivity index (χ2v) is 4.04. The number of aromatic amines is 2. The molecule has 0 spiro atoms. The Labute approximate surface area is 96.6 Å². The molecule has 0 radical (unpaired) electrons. The third-order valence-electron chi connectivity index (χ3n) is 2.38. The van der Waals surface area contributed by atoms with Crippen LogP contribution in [0.1, 0.15) is 30.1 Å². The van der Waals surface area contributed by atoms with Crippen LogP contribution in [0.5, 0.6) is 0 Å². The van der Waals surface area contributed by atoms with Crippen molar-refractivity contribution >= 4 is 28.4 Å². The summed E-state index contributed by atoms with van der Waals surface area (Å²) in [5, 5.41) is 0.376. The minimum Gasteiger partial charge on any atom is -0.306 e. The van der Waals surface area contributed by atoms with E-state index in [4.69, 9.17) is 11.6 Å². The molecule has 0 aliphatic heterocycles. The molecule has 16 heavy (non-hydrogen) atoms. The molecule has 1 aromatic heterocycles. The van der Waals surface area contributed by atoms with Gasteiger partial charge in [0.2, 0.25) is 0 Å². The number of H-pyrrole nitrogens is 2. The summed E-state index contributed by atoms with van der Waals surface area (Å²) in [7, 11) is 0. The van der Waals surface area contributed by atoms with Gasteiger partial charge in [-0.3, -0.25) is 4.79 Å². The molecular formula is C11H11ClN2O2. The van der Waals surface area contributed by atoms with E-state index in [9.17, 15) is 9.59 Å². The third-order valence-corrected chi connectivity index (χ3v) is 2.69. The Morgan fingerprint density at radius 2 is 1.94 bits per heavy atom. The molecule has 0 bridgehead atoms. The Balaban J connectivity index is 2.57. The van der Waals surface area contributed by atoms with Crippen molar-refractivity contribution in [3.8, 4) is 0 Å². The Bertz CT molecular complexity index is 598. The van der Waals surface area contributed by atoms with Gasteiger partial charge in [0.15, 0.2) is 5.78 Å². The van der Waals surface area contributed by atoms with Crippen molar-refractivity contribution in [1.29, 1.82) is 0 Å². The lowest BCUT2D eigenvalue weighted by molar-refractivity contribution is 0.0982. The molecule has 0 saturated heterocycles. The summed E-state index contributed by atoms with van der Waals surface area (Å²) < 4.78 is 0. The minimum absolute atomic E-state index is 0.00329. The third kappa shape index (κ3) is 1.88. The van der Waals surface area contributed by atoms with Gasteiger partial charge in [-0.25, -0.2) is 4.79 Å². The molecule has 0 unspecified atom stereocenters. The van der Waals surface area contributed by atoms with Crippen molar-refractivity contribution in [3.05, 3.63) is 33.2 Å². The van der Waals surface area contributed by atoms with E-state index in [2.05, 4.69) is 9.97 Å². The van der Waals surface area contributed by atoms with Gasteiger partial charge in [-0.05, 0) is 18.6 Å². The van der Waals surface area contributed by atoms with Crippen molar-refractivity contribution in [1.82, 2.24) is 9.97 Å². The number of carbonyl (C=O) groups is 1. The van der Waals surface area contributed by atoms with Crippen molar-refractivity contribution in [2.24, 2.45) is 0 Å². The monoisotopic (exact) mass is 238 g/mol. The number of fused-ring (bicyclic) bond motifs is 1. The molecule has 0 saturated carbocycles. The molecule has 0 aliphatic rings. The van der Waals surface area contributed by atoms with Gasteiger partial charge in [-0.1, -0.05) is 18.5 Å². The van der Waals surface area contributed by atoms with Gasteiger partial charge in [0.1, 0.15) is 0 Å². The molecule has 0 amide bonds. The fourth-order valence-corrected chi connectivity index (χ4v) is 1.90. The maximum atomic E-state index is 11.7. The smallest absolute Gasteiger partial charge is 0.306 e. The topological polar surface area (TPSA) is 65.7 Å². The number of Topliss-reactive ketones (excluding diaryl/α,β-unsaturated/α-hetero) is 1. The van der Waals surface area contributed by atoms with Crippen molar-refractivity contribution in [2.45, 2.75) is 19.8 Å². The highest BCUT2D eigenvalue weighted by atomic mass is 35.5. The molecule has 0 atom stereocenters. The zero-order valence-corrected chi connectivity index (χ0v) is 9.52. The fraction of sp³-hybridized carbons (Fsp3) is 0.273. The van der Waals surface area contributed by atoms with Crippen LogP contribution in [0.3, 0.4) is 0 Å². The van der Waals surface area contributed by atoms with Crippen LogP contribution in [-0.2, 0) is 0 Å². The summed E-state index contributed by atoms with van der Waals surface area (Å²) in [5.41, 5.74) is 1.38. The maximum Gasteiger partial charge on any atom is 0.323 e. The normalized spacial score (nSPS) is 10.9. The first kappa shape index (κ1) is 11.0. The van der Waals surface area contributed by atoms with Gasteiger partial charge in [-0.2, -0.15) is 0 Å². The Morgan fingerprint density at radius 3 is 2.56 bits per heavy atom. The van der Waals surface area contributed by atoms with E-state index in [1.807, 2.05) is 6.92 Å². The van der Waals surface area contributed by atoms with E-state index < -0.39 is 0 Å². The van der Waals surface area contributed by atoms with Crippen LogP contribution in [0.2, 0.25) is 5.02 Å². The Kier molecular flexibility index (Phi) is 2.83. The largest absolute Gasteiger partial charge is 0.323 e. The number of benzene rings is 1. The van der Waals surface area contributed by atoms with E-state index in [-0.39, 0.29) is 11.5 Å². The zero-order valence-electron chi connectivity index (χ0n) is 8.76. The molecule has 2 aromatic rings. The number of hydrogen-bond donors (Lipinski definition) is 2. The predicted molar refractivity (Wildman–Crippen MR) is 63.2 cm³/mol. The van der Waals surface area contributed by atoms with Gasteiger partial charge in [-0.15, -0.1) is 0 Å². The van der Waals surface area contributed by atoms with E-state index in [1.54, 1.807) is 12.1 Å². The molecule has 4 nitrogen and oxygen atoms in total. The molecule has 5 heteroatoms. The fourth-order valence-electron chi connectivity index (χ4n) is 1.63. The summed E-state index contributed by atoms with van der Waals surface area (Å²) >= 11 is 5.99. The van der Waals surface area contributed by atoms with Gasteiger partial charge >= 0.3 is 5.69 Å². The van der Waals surface area contributed by atoms with Crippen LogP contribution < -0.4 is 5.69 Å². The van der Waals surface area contributed by atoms with Crippen LogP contribution >= 0.6 is 11.6 Å². The minimum atomic E-state index is -0.300. The number of aromatic nitrogens is 2. The van der Waals surface area contributed by atoms with E-state index in [1.165, 1.54) is 0 Å². The number of carbonyl (C=O) groups excluding carboxylic acids is 1. The Hall–Kier alpha value is -1.55. The van der Waals surface area contributed by atoms with Gasteiger partial charge < -0.3 is 9.97 Å². The summed E-state index contributed by atoms with van der Waals surface area (Å²) in [5.74, 6) is -0.00329. The lowest BCUT2D eigenvalue weighted by Crippen LogP contribution is -1.99. The van der Waals surface area contributed by atoms with E-state index in [0.29, 0.717) is 28.0 Å². The van der Waals surface area contributed by atoms with Gasteiger partial charge in [0.05, 0.1) is 16.1 Å².